The van der Waals surface area contributed by atoms with Gasteiger partial charge in [0.1, 0.15) is 5.75 Å². The van der Waals surface area contributed by atoms with Gasteiger partial charge in [-0.2, -0.15) is 0 Å². The number of rotatable bonds is 8. The molecule has 0 heterocycles. The minimum absolute atomic E-state index is 0. The smallest absolute Gasteiger partial charge is 0.248 e. The summed E-state index contributed by atoms with van der Waals surface area (Å²) >= 11 is 0. The standard InChI is InChI=1S/C22H28N2O2.H2/c23-22(25)18-8-12-20(13-9-18)26-21-14-10-19(11-15-21)24-16-4-7-17-5-2-1-3-6-17;/h1-3,5-6,8-9,12-13,19,21,24H,4,7,10-11,14-16H2,(H2,23,25);1H. The Labute approximate surface area is 157 Å². The summed E-state index contributed by atoms with van der Waals surface area (Å²) in [5.74, 6) is 0.407. The Kier molecular flexibility index (Phi) is 6.67. The van der Waals surface area contributed by atoms with Crippen molar-refractivity contribution in [1.29, 1.82) is 0 Å². The average Bonchev–Trinajstić information content (AvgIpc) is 2.68. The van der Waals surface area contributed by atoms with Gasteiger partial charge < -0.3 is 15.8 Å². The minimum Gasteiger partial charge on any atom is -0.490 e. The third kappa shape index (κ3) is 5.60. The van der Waals surface area contributed by atoms with Gasteiger partial charge in [0.05, 0.1) is 6.10 Å². The molecule has 0 aromatic heterocycles. The van der Waals surface area contributed by atoms with Crippen LogP contribution in [0.4, 0.5) is 0 Å². The van der Waals surface area contributed by atoms with Gasteiger partial charge in [0.2, 0.25) is 5.91 Å². The van der Waals surface area contributed by atoms with Crippen LogP contribution in [0.25, 0.3) is 0 Å². The van der Waals surface area contributed by atoms with Crippen LogP contribution in [0, 0.1) is 0 Å². The van der Waals surface area contributed by atoms with Gasteiger partial charge in [-0.05, 0) is 74.9 Å². The molecule has 0 atom stereocenters. The summed E-state index contributed by atoms with van der Waals surface area (Å²) in [6, 6.07) is 18.3. The van der Waals surface area contributed by atoms with Gasteiger partial charge in [-0.3, -0.25) is 4.79 Å². The number of carbonyl (C=O) groups excluding carboxylic acids is 1. The zero-order valence-corrected chi connectivity index (χ0v) is 15.2. The predicted octanol–water partition coefficient (Wildman–Crippen LogP) is 3.94. The molecule has 1 saturated carbocycles. The number of benzene rings is 2. The van der Waals surface area contributed by atoms with E-state index in [0.717, 1.165) is 44.4 Å². The molecular weight excluding hydrogens is 324 g/mol. The van der Waals surface area contributed by atoms with E-state index in [9.17, 15) is 4.79 Å². The fraction of sp³-hybridized carbons (Fsp3) is 0.409. The van der Waals surface area contributed by atoms with Crippen LogP contribution < -0.4 is 15.8 Å². The zero-order chi connectivity index (χ0) is 18.2. The lowest BCUT2D eigenvalue weighted by Crippen LogP contribution is -2.36. The number of carbonyl (C=O) groups is 1. The van der Waals surface area contributed by atoms with Gasteiger partial charge in [0.15, 0.2) is 0 Å². The molecule has 3 N–H and O–H groups in total. The van der Waals surface area contributed by atoms with Crippen LogP contribution in [0.1, 0.15) is 49.5 Å². The van der Waals surface area contributed by atoms with Crippen LogP contribution in [-0.4, -0.2) is 24.6 Å². The molecule has 1 fully saturated rings. The first-order valence-corrected chi connectivity index (χ1v) is 9.54. The van der Waals surface area contributed by atoms with E-state index in [1.165, 1.54) is 12.0 Å². The molecule has 1 aliphatic carbocycles. The SMILES string of the molecule is NC(=O)c1ccc(OC2CCC(NCCCc3ccccc3)CC2)cc1.[HH]. The Bertz CT molecular complexity index is 683. The lowest BCUT2D eigenvalue weighted by atomic mass is 9.92. The van der Waals surface area contributed by atoms with Crippen LogP contribution in [-0.2, 0) is 6.42 Å². The second-order valence-corrected chi connectivity index (χ2v) is 7.02. The topological polar surface area (TPSA) is 64.4 Å². The first-order valence-electron chi connectivity index (χ1n) is 9.54. The van der Waals surface area contributed by atoms with Crippen molar-refractivity contribution in [3.63, 3.8) is 0 Å². The van der Waals surface area contributed by atoms with Gasteiger partial charge >= 0.3 is 0 Å². The van der Waals surface area contributed by atoms with E-state index in [1.54, 1.807) is 12.1 Å². The quantitative estimate of drug-likeness (QED) is 0.706. The number of ether oxygens (including phenoxy) is 1. The van der Waals surface area contributed by atoms with E-state index >= 15 is 0 Å². The molecule has 1 aliphatic rings. The molecule has 3 rings (SSSR count). The summed E-state index contributed by atoms with van der Waals surface area (Å²) < 4.78 is 6.04. The summed E-state index contributed by atoms with van der Waals surface area (Å²) in [5, 5.41) is 3.69. The fourth-order valence-electron chi connectivity index (χ4n) is 3.52. The van der Waals surface area contributed by atoms with E-state index in [1.807, 2.05) is 12.1 Å². The average molecular weight is 354 g/mol. The summed E-state index contributed by atoms with van der Waals surface area (Å²) in [6.07, 6.45) is 6.99. The van der Waals surface area contributed by atoms with Gasteiger partial charge in [0, 0.05) is 13.0 Å². The molecule has 0 bridgehead atoms. The summed E-state index contributed by atoms with van der Waals surface area (Å²) in [4.78, 5) is 11.1. The molecule has 0 spiro atoms. The largest absolute Gasteiger partial charge is 0.490 e. The highest BCUT2D eigenvalue weighted by Gasteiger charge is 2.22. The van der Waals surface area contributed by atoms with Gasteiger partial charge in [0.25, 0.3) is 0 Å². The third-order valence-corrected chi connectivity index (χ3v) is 5.03. The molecule has 0 radical (unpaired) electrons. The van der Waals surface area contributed by atoms with Crippen molar-refractivity contribution in [3.8, 4) is 5.75 Å². The van der Waals surface area contributed by atoms with Crippen LogP contribution in [0.2, 0.25) is 0 Å². The van der Waals surface area contributed by atoms with Crippen molar-refractivity contribution >= 4 is 5.91 Å². The second-order valence-electron chi connectivity index (χ2n) is 7.02. The molecule has 140 valence electrons. The van der Waals surface area contributed by atoms with E-state index < -0.39 is 5.91 Å². The maximum atomic E-state index is 11.1. The van der Waals surface area contributed by atoms with Crippen LogP contribution in [0.15, 0.2) is 54.6 Å². The van der Waals surface area contributed by atoms with Gasteiger partial charge in [-0.25, -0.2) is 0 Å². The summed E-state index contributed by atoms with van der Waals surface area (Å²) in [7, 11) is 0. The zero-order valence-electron chi connectivity index (χ0n) is 15.2. The molecule has 2 aromatic rings. The number of primary amides is 1. The highest BCUT2D eigenvalue weighted by atomic mass is 16.5. The minimum atomic E-state index is -0.407. The van der Waals surface area contributed by atoms with Crippen molar-refractivity contribution in [2.45, 2.75) is 50.7 Å². The maximum absolute atomic E-state index is 11.1. The van der Waals surface area contributed by atoms with Crippen LogP contribution >= 0.6 is 0 Å². The van der Waals surface area contributed by atoms with E-state index in [0.29, 0.717) is 11.6 Å². The normalized spacial score (nSPS) is 19.8. The van der Waals surface area contributed by atoms with Crippen molar-refractivity contribution in [2.75, 3.05) is 6.54 Å². The number of hydrogen-bond acceptors (Lipinski definition) is 3. The van der Waals surface area contributed by atoms with Gasteiger partial charge in [-0.15, -0.1) is 0 Å². The van der Waals surface area contributed by atoms with Crippen LogP contribution in [0.3, 0.4) is 0 Å². The molecular formula is C22H30N2O2. The summed E-state index contributed by atoms with van der Waals surface area (Å²) in [5.41, 5.74) is 7.19. The number of nitrogens with one attached hydrogen (secondary N) is 1. The molecule has 0 aliphatic heterocycles. The molecule has 26 heavy (non-hydrogen) atoms. The first kappa shape index (κ1) is 18.5. The highest BCUT2D eigenvalue weighted by molar-refractivity contribution is 5.92. The Balaban J connectivity index is 0.00000261. The predicted molar refractivity (Wildman–Crippen MR) is 107 cm³/mol. The molecule has 4 heteroatoms. The Morgan fingerprint density at radius 2 is 1.73 bits per heavy atom. The van der Waals surface area contributed by atoms with Crippen molar-refractivity contribution in [1.82, 2.24) is 5.32 Å². The Morgan fingerprint density at radius 3 is 2.38 bits per heavy atom. The van der Waals surface area contributed by atoms with E-state index in [-0.39, 0.29) is 7.53 Å². The molecule has 0 saturated heterocycles. The molecule has 1 amide bonds. The van der Waals surface area contributed by atoms with Crippen LogP contribution in [0.5, 0.6) is 5.75 Å². The highest BCUT2D eigenvalue weighted by Crippen LogP contribution is 2.24. The molecule has 0 unspecified atom stereocenters. The Morgan fingerprint density at radius 1 is 1.04 bits per heavy atom. The maximum Gasteiger partial charge on any atom is 0.248 e. The van der Waals surface area contributed by atoms with Gasteiger partial charge in [-0.1, -0.05) is 30.3 Å². The number of aryl methyl sites for hydroxylation is 1. The fourth-order valence-corrected chi connectivity index (χ4v) is 3.52. The number of nitrogens with two attached hydrogens (primary N) is 1. The van der Waals surface area contributed by atoms with Crippen molar-refractivity contribution in [2.24, 2.45) is 5.73 Å². The third-order valence-electron chi connectivity index (χ3n) is 5.03. The monoisotopic (exact) mass is 354 g/mol. The number of amides is 1. The summed E-state index contributed by atoms with van der Waals surface area (Å²) in [6.45, 7) is 1.07. The van der Waals surface area contributed by atoms with Crippen molar-refractivity contribution < 1.29 is 11.0 Å². The van der Waals surface area contributed by atoms with E-state index in [2.05, 4.69) is 35.6 Å². The molecule has 4 nitrogen and oxygen atoms in total. The molecule has 2 aromatic carbocycles. The number of hydrogen-bond donors (Lipinski definition) is 2. The Hall–Kier alpha value is -2.33. The lowest BCUT2D eigenvalue weighted by Gasteiger charge is -2.29. The van der Waals surface area contributed by atoms with E-state index in [4.69, 9.17) is 10.5 Å². The first-order chi connectivity index (χ1) is 12.7. The second kappa shape index (κ2) is 9.39. The van der Waals surface area contributed by atoms with Crippen molar-refractivity contribution in [3.05, 3.63) is 65.7 Å². The lowest BCUT2D eigenvalue weighted by molar-refractivity contribution is 0.1000.